The lowest BCUT2D eigenvalue weighted by Gasteiger charge is -2.30. The van der Waals surface area contributed by atoms with Gasteiger partial charge < -0.3 is 10.2 Å². The van der Waals surface area contributed by atoms with E-state index in [0.717, 1.165) is 30.9 Å². The lowest BCUT2D eigenvalue weighted by Crippen LogP contribution is -2.39. The first kappa shape index (κ1) is 14.6. The Morgan fingerprint density at radius 1 is 1.18 bits per heavy atom. The minimum atomic E-state index is 0.0396. The molecular weight excluding hydrogens is 274 g/mol. The molecule has 1 aliphatic heterocycles. The third-order valence-corrected chi connectivity index (χ3v) is 3.99. The second-order valence-electron chi connectivity index (χ2n) is 5.92. The van der Waals surface area contributed by atoms with E-state index in [4.69, 9.17) is 0 Å². The summed E-state index contributed by atoms with van der Waals surface area (Å²) in [6.45, 7) is 3.87. The molecule has 4 nitrogen and oxygen atoms in total. The molecule has 1 fully saturated rings. The van der Waals surface area contributed by atoms with Gasteiger partial charge in [0, 0.05) is 18.8 Å². The summed E-state index contributed by atoms with van der Waals surface area (Å²) in [5.41, 5.74) is 2.41. The van der Waals surface area contributed by atoms with Crippen molar-refractivity contribution in [3.05, 3.63) is 54.4 Å². The zero-order valence-electron chi connectivity index (χ0n) is 12.8. The van der Waals surface area contributed by atoms with Gasteiger partial charge in [-0.1, -0.05) is 25.1 Å². The number of nitrogens with one attached hydrogen (secondary N) is 1. The van der Waals surface area contributed by atoms with Gasteiger partial charge in [0.25, 0.3) is 5.91 Å². The Labute approximate surface area is 131 Å². The summed E-state index contributed by atoms with van der Waals surface area (Å²) in [5, 5.41) is 3.27. The number of pyridine rings is 1. The number of benzene rings is 1. The highest BCUT2D eigenvalue weighted by molar-refractivity contribution is 5.92. The molecule has 0 spiro atoms. The van der Waals surface area contributed by atoms with Gasteiger partial charge in [0.1, 0.15) is 5.69 Å². The molecule has 1 amide bonds. The van der Waals surface area contributed by atoms with Crippen molar-refractivity contribution in [3.8, 4) is 0 Å². The van der Waals surface area contributed by atoms with Crippen molar-refractivity contribution in [3.63, 3.8) is 0 Å². The van der Waals surface area contributed by atoms with Gasteiger partial charge in [0.15, 0.2) is 0 Å². The van der Waals surface area contributed by atoms with Crippen LogP contribution in [0.1, 0.15) is 30.3 Å². The van der Waals surface area contributed by atoms with Crippen molar-refractivity contribution >= 4 is 17.3 Å². The van der Waals surface area contributed by atoms with Crippen LogP contribution in [0.2, 0.25) is 0 Å². The zero-order valence-corrected chi connectivity index (χ0v) is 12.8. The molecule has 1 aromatic heterocycles. The lowest BCUT2D eigenvalue weighted by atomic mass is 10.00. The van der Waals surface area contributed by atoms with E-state index in [-0.39, 0.29) is 5.91 Å². The summed E-state index contributed by atoms with van der Waals surface area (Å²) in [4.78, 5) is 18.7. The molecule has 22 heavy (non-hydrogen) atoms. The fraction of sp³-hybridized carbons (Fsp3) is 0.333. The van der Waals surface area contributed by atoms with Crippen LogP contribution < -0.4 is 5.32 Å². The zero-order chi connectivity index (χ0) is 15.4. The standard InChI is InChI=1S/C18H21N3O/c1-14-6-5-11-21(13-14)18(22)17-10-9-16(12-19-17)20-15-7-3-2-4-8-15/h2-4,7-10,12,14,20H,5-6,11,13H2,1H3. The average Bonchev–Trinajstić information content (AvgIpc) is 2.56. The van der Waals surface area contributed by atoms with Gasteiger partial charge in [-0.15, -0.1) is 0 Å². The molecule has 0 radical (unpaired) electrons. The molecule has 114 valence electrons. The van der Waals surface area contributed by atoms with Crippen molar-refractivity contribution in [1.82, 2.24) is 9.88 Å². The average molecular weight is 295 g/mol. The topological polar surface area (TPSA) is 45.2 Å². The van der Waals surface area contributed by atoms with E-state index >= 15 is 0 Å². The van der Waals surface area contributed by atoms with Gasteiger partial charge in [-0.05, 0) is 43.0 Å². The molecule has 2 aromatic rings. The van der Waals surface area contributed by atoms with E-state index in [1.807, 2.05) is 41.3 Å². The van der Waals surface area contributed by atoms with Crippen LogP contribution in [0.25, 0.3) is 0 Å². The molecule has 0 saturated carbocycles. The highest BCUT2D eigenvalue weighted by atomic mass is 16.2. The van der Waals surface area contributed by atoms with Gasteiger partial charge in [-0.2, -0.15) is 0 Å². The second kappa shape index (κ2) is 6.60. The number of aromatic nitrogens is 1. The number of carbonyl (C=O) groups is 1. The fourth-order valence-corrected chi connectivity index (χ4v) is 2.82. The van der Waals surface area contributed by atoms with Crippen molar-refractivity contribution in [2.45, 2.75) is 19.8 Å². The fourth-order valence-electron chi connectivity index (χ4n) is 2.82. The second-order valence-corrected chi connectivity index (χ2v) is 5.92. The number of amides is 1. The molecule has 0 bridgehead atoms. The minimum absolute atomic E-state index is 0.0396. The van der Waals surface area contributed by atoms with Gasteiger partial charge in [-0.25, -0.2) is 4.98 Å². The van der Waals surface area contributed by atoms with Crippen LogP contribution in [0.4, 0.5) is 11.4 Å². The molecule has 3 rings (SSSR count). The Balaban J connectivity index is 1.67. The van der Waals surface area contributed by atoms with Crippen molar-refractivity contribution in [2.24, 2.45) is 5.92 Å². The third kappa shape index (κ3) is 3.45. The molecule has 1 unspecified atom stereocenters. The summed E-state index contributed by atoms with van der Waals surface area (Å²) in [5.74, 6) is 0.620. The van der Waals surface area contributed by atoms with Crippen LogP contribution in [-0.4, -0.2) is 28.9 Å². The van der Waals surface area contributed by atoms with Crippen molar-refractivity contribution in [1.29, 1.82) is 0 Å². The first-order valence-electron chi connectivity index (χ1n) is 7.80. The predicted octanol–water partition coefficient (Wildman–Crippen LogP) is 3.70. The quantitative estimate of drug-likeness (QED) is 0.939. The third-order valence-electron chi connectivity index (χ3n) is 3.99. The van der Waals surface area contributed by atoms with E-state index in [1.54, 1.807) is 12.3 Å². The summed E-state index contributed by atoms with van der Waals surface area (Å²) < 4.78 is 0. The summed E-state index contributed by atoms with van der Waals surface area (Å²) in [6.07, 6.45) is 4.01. The number of nitrogens with zero attached hydrogens (tertiary/aromatic N) is 2. The Bertz CT molecular complexity index is 625. The molecule has 1 saturated heterocycles. The number of piperidine rings is 1. The van der Waals surface area contributed by atoms with Crippen molar-refractivity contribution < 1.29 is 4.79 Å². The van der Waals surface area contributed by atoms with E-state index in [0.29, 0.717) is 11.6 Å². The van der Waals surface area contributed by atoms with Gasteiger partial charge in [-0.3, -0.25) is 4.79 Å². The molecule has 0 aliphatic carbocycles. The largest absolute Gasteiger partial charge is 0.354 e. The molecule has 4 heteroatoms. The van der Waals surface area contributed by atoms with E-state index in [2.05, 4.69) is 17.2 Å². The predicted molar refractivity (Wildman–Crippen MR) is 88.3 cm³/mol. The SMILES string of the molecule is CC1CCCN(C(=O)c2ccc(Nc3ccccc3)cn2)C1. The Morgan fingerprint density at radius 3 is 2.68 bits per heavy atom. The smallest absolute Gasteiger partial charge is 0.272 e. The van der Waals surface area contributed by atoms with Crippen molar-refractivity contribution in [2.75, 3.05) is 18.4 Å². The maximum Gasteiger partial charge on any atom is 0.272 e. The van der Waals surface area contributed by atoms with E-state index in [1.165, 1.54) is 6.42 Å². The van der Waals surface area contributed by atoms with E-state index < -0.39 is 0 Å². The molecule has 1 N–H and O–H groups in total. The molecular formula is C18H21N3O. The van der Waals surface area contributed by atoms with Gasteiger partial charge >= 0.3 is 0 Å². The first-order chi connectivity index (χ1) is 10.7. The monoisotopic (exact) mass is 295 g/mol. The highest BCUT2D eigenvalue weighted by Crippen LogP contribution is 2.19. The summed E-state index contributed by atoms with van der Waals surface area (Å²) in [7, 11) is 0. The maximum atomic E-state index is 12.5. The summed E-state index contributed by atoms with van der Waals surface area (Å²) in [6, 6.07) is 13.6. The summed E-state index contributed by atoms with van der Waals surface area (Å²) >= 11 is 0. The van der Waals surface area contributed by atoms with Crippen LogP contribution in [0, 0.1) is 5.92 Å². The maximum absolute atomic E-state index is 12.5. The number of hydrogen-bond donors (Lipinski definition) is 1. The number of carbonyl (C=O) groups excluding carboxylic acids is 1. The Morgan fingerprint density at radius 2 is 2.00 bits per heavy atom. The van der Waals surface area contributed by atoms with Crippen LogP contribution in [0.5, 0.6) is 0 Å². The van der Waals surface area contributed by atoms with Gasteiger partial charge in [0.2, 0.25) is 0 Å². The number of likely N-dealkylation sites (tertiary alicyclic amines) is 1. The molecule has 2 heterocycles. The van der Waals surface area contributed by atoms with Crippen LogP contribution in [0.15, 0.2) is 48.7 Å². The Hall–Kier alpha value is -2.36. The lowest BCUT2D eigenvalue weighted by molar-refractivity contribution is 0.0677. The van der Waals surface area contributed by atoms with Crippen LogP contribution in [-0.2, 0) is 0 Å². The normalized spacial score (nSPS) is 18.0. The van der Waals surface area contributed by atoms with Crippen LogP contribution in [0.3, 0.4) is 0 Å². The molecule has 1 aliphatic rings. The number of anilines is 2. The number of rotatable bonds is 3. The minimum Gasteiger partial charge on any atom is -0.354 e. The molecule has 1 atom stereocenters. The van der Waals surface area contributed by atoms with Crippen LogP contribution >= 0.6 is 0 Å². The Kier molecular flexibility index (Phi) is 4.37. The number of para-hydroxylation sites is 1. The first-order valence-corrected chi connectivity index (χ1v) is 7.80. The van der Waals surface area contributed by atoms with E-state index in [9.17, 15) is 4.79 Å². The highest BCUT2D eigenvalue weighted by Gasteiger charge is 2.22. The number of hydrogen-bond acceptors (Lipinski definition) is 3. The van der Waals surface area contributed by atoms with Gasteiger partial charge in [0.05, 0.1) is 11.9 Å². The molecule has 1 aromatic carbocycles.